The van der Waals surface area contributed by atoms with E-state index < -0.39 is 10.0 Å². The molecule has 3 aliphatic heterocycles. The lowest BCUT2D eigenvalue weighted by atomic mass is 9.94. The molecule has 176 valence electrons. The topological polar surface area (TPSA) is 78.0 Å². The molecule has 0 bridgehead atoms. The third kappa shape index (κ3) is 5.01. The molecule has 1 aromatic rings. The van der Waals surface area contributed by atoms with Crippen molar-refractivity contribution in [3.63, 3.8) is 0 Å². The number of benzene rings is 1. The Bertz CT molecular complexity index is 911. The highest BCUT2D eigenvalue weighted by atomic mass is 32.2. The highest BCUT2D eigenvalue weighted by molar-refractivity contribution is 7.89. The van der Waals surface area contributed by atoms with E-state index in [0.717, 1.165) is 45.2 Å². The summed E-state index contributed by atoms with van der Waals surface area (Å²) in [4.78, 5) is 30.1. The quantitative estimate of drug-likeness (QED) is 0.690. The summed E-state index contributed by atoms with van der Waals surface area (Å²) in [5.74, 6) is -0.0570. The Morgan fingerprint density at radius 1 is 0.719 bits per heavy atom. The fraction of sp³-hybridized carbons (Fsp3) is 0.667. The second kappa shape index (κ2) is 10.3. The predicted octanol–water partition coefficient (Wildman–Crippen LogP) is 3.12. The fourth-order valence-electron chi connectivity index (χ4n) is 5.16. The van der Waals surface area contributed by atoms with Gasteiger partial charge in [0, 0.05) is 45.2 Å². The van der Waals surface area contributed by atoms with E-state index in [0.29, 0.717) is 39.0 Å². The van der Waals surface area contributed by atoms with Crippen LogP contribution in [0.5, 0.6) is 0 Å². The van der Waals surface area contributed by atoms with Gasteiger partial charge >= 0.3 is 0 Å². The van der Waals surface area contributed by atoms with Gasteiger partial charge in [-0.25, -0.2) is 8.42 Å². The van der Waals surface area contributed by atoms with Crippen LogP contribution < -0.4 is 0 Å². The SMILES string of the molecule is O=C(c1ccccc1S(=O)(=O)N1CCCCC1)N1CCC(C(=O)N2CCCCCC2)CC1. The molecular weight excluding hydrogens is 426 g/mol. The number of rotatable bonds is 4. The van der Waals surface area contributed by atoms with Crippen molar-refractivity contribution in [2.24, 2.45) is 5.92 Å². The van der Waals surface area contributed by atoms with E-state index in [-0.39, 0.29) is 28.2 Å². The monoisotopic (exact) mass is 461 g/mol. The van der Waals surface area contributed by atoms with Crippen molar-refractivity contribution < 1.29 is 18.0 Å². The Balaban J connectivity index is 1.43. The van der Waals surface area contributed by atoms with Gasteiger partial charge in [0.1, 0.15) is 0 Å². The lowest BCUT2D eigenvalue weighted by Crippen LogP contribution is -2.45. The Labute approximate surface area is 191 Å². The zero-order chi connectivity index (χ0) is 22.6. The predicted molar refractivity (Wildman–Crippen MR) is 123 cm³/mol. The highest BCUT2D eigenvalue weighted by Gasteiger charge is 2.34. The van der Waals surface area contributed by atoms with Crippen molar-refractivity contribution in [1.82, 2.24) is 14.1 Å². The minimum absolute atomic E-state index is 0.0375. The van der Waals surface area contributed by atoms with Crippen molar-refractivity contribution in [3.05, 3.63) is 29.8 Å². The number of hydrogen-bond acceptors (Lipinski definition) is 4. The van der Waals surface area contributed by atoms with Gasteiger partial charge in [-0.3, -0.25) is 9.59 Å². The first-order chi connectivity index (χ1) is 15.5. The highest BCUT2D eigenvalue weighted by Crippen LogP contribution is 2.27. The molecule has 3 aliphatic rings. The van der Waals surface area contributed by atoms with Gasteiger partial charge in [-0.05, 0) is 50.7 Å². The van der Waals surface area contributed by atoms with E-state index in [2.05, 4.69) is 0 Å². The molecule has 0 atom stereocenters. The Morgan fingerprint density at radius 3 is 1.94 bits per heavy atom. The summed E-state index contributed by atoms with van der Waals surface area (Å²) in [6, 6.07) is 6.57. The molecule has 1 aromatic carbocycles. The smallest absolute Gasteiger partial charge is 0.255 e. The maximum absolute atomic E-state index is 13.3. The molecule has 0 spiro atoms. The minimum atomic E-state index is -3.69. The zero-order valence-electron chi connectivity index (χ0n) is 18.9. The van der Waals surface area contributed by atoms with Gasteiger partial charge in [0.05, 0.1) is 10.5 Å². The van der Waals surface area contributed by atoms with Gasteiger partial charge < -0.3 is 9.80 Å². The van der Waals surface area contributed by atoms with Crippen LogP contribution in [-0.4, -0.2) is 73.6 Å². The zero-order valence-corrected chi connectivity index (χ0v) is 19.7. The molecule has 32 heavy (non-hydrogen) atoms. The van der Waals surface area contributed by atoms with Crippen LogP contribution in [0, 0.1) is 5.92 Å². The number of hydrogen-bond donors (Lipinski definition) is 0. The van der Waals surface area contributed by atoms with Gasteiger partial charge in [0.25, 0.3) is 5.91 Å². The molecule has 0 aromatic heterocycles. The third-order valence-electron chi connectivity index (χ3n) is 7.10. The maximum atomic E-state index is 13.3. The summed E-state index contributed by atoms with van der Waals surface area (Å²) < 4.78 is 28.0. The summed E-state index contributed by atoms with van der Waals surface area (Å²) in [7, 11) is -3.69. The number of amides is 2. The summed E-state index contributed by atoms with van der Waals surface area (Å²) >= 11 is 0. The molecular formula is C24H35N3O4S. The van der Waals surface area contributed by atoms with Crippen molar-refractivity contribution in [2.45, 2.75) is 62.7 Å². The first-order valence-electron chi connectivity index (χ1n) is 12.2. The molecule has 3 fully saturated rings. The Kier molecular flexibility index (Phi) is 7.51. The average Bonchev–Trinajstić information content (AvgIpc) is 3.13. The van der Waals surface area contributed by atoms with Crippen LogP contribution >= 0.6 is 0 Å². The lowest BCUT2D eigenvalue weighted by molar-refractivity contribution is -0.136. The standard InChI is InChI=1S/C24H35N3O4S/c28-23(25-14-6-1-2-7-15-25)20-12-18-26(19-13-20)24(29)21-10-4-5-11-22(21)32(30,31)27-16-8-3-9-17-27/h4-5,10-11,20H,1-3,6-9,12-19H2. The summed E-state index contributed by atoms with van der Waals surface area (Å²) in [6.45, 7) is 3.69. The van der Waals surface area contributed by atoms with Gasteiger partial charge in [-0.1, -0.05) is 31.4 Å². The van der Waals surface area contributed by atoms with E-state index >= 15 is 0 Å². The van der Waals surface area contributed by atoms with Crippen LogP contribution in [0.15, 0.2) is 29.2 Å². The van der Waals surface area contributed by atoms with Crippen LogP contribution in [0.4, 0.5) is 0 Å². The summed E-state index contributed by atoms with van der Waals surface area (Å²) in [6.07, 6.45) is 8.56. The number of likely N-dealkylation sites (tertiary alicyclic amines) is 2. The Morgan fingerprint density at radius 2 is 1.28 bits per heavy atom. The van der Waals surface area contributed by atoms with Crippen LogP contribution in [-0.2, 0) is 14.8 Å². The lowest BCUT2D eigenvalue weighted by Gasteiger charge is -2.34. The van der Waals surface area contributed by atoms with Crippen LogP contribution in [0.3, 0.4) is 0 Å². The number of carbonyl (C=O) groups is 2. The van der Waals surface area contributed by atoms with Gasteiger partial charge in [0.15, 0.2) is 0 Å². The fourth-order valence-corrected chi connectivity index (χ4v) is 6.86. The molecule has 2 amide bonds. The number of sulfonamides is 1. The van der Waals surface area contributed by atoms with E-state index in [4.69, 9.17) is 0 Å². The first-order valence-corrected chi connectivity index (χ1v) is 13.6. The molecule has 8 heteroatoms. The average molecular weight is 462 g/mol. The third-order valence-corrected chi connectivity index (χ3v) is 9.06. The molecule has 0 N–H and O–H groups in total. The molecule has 3 heterocycles. The second-order valence-electron chi connectivity index (χ2n) is 9.27. The van der Waals surface area contributed by atoms with E-state index in [9.17, 15) is 18.0 Å². The normalized spacial score (nSPS) is 21.9. The van der Waals surface area contributed by atoms with Crippen LogP contribution in [0.25, 0.3) is 0 Å². The van der Waals surface area contributed by atoms with Crippen LogP contribution in [0.1, 0.15) is 68.1 Å². The van der Waals surface area contributed by atoms with E-state index in [1.807, 2.05) is 4.90 Å². The van der Waals surface area contributed by atoms with Crippen molar-refractivity contribution in [2.75, 3.05) is 39.3 Å². The van der Waals surface area contributed by atoms with Crippen LogP contribution in [0.2, 0.25) is 0 Å². The van der Waals surface area contributed by atoms with E-state index in [1.165, 1.54) is 17.1 Å². The molecule has 4 rings (SSSR count). The van der Waals surface area contributed by atoms with Crippen molar-refractivity contribution in [1.29, 1.82) is 0 Å². The summed E-state index contributed by atoms with van der Waals surface area (Å²) in [5, 5.41) is 0. The van der Waals surface area contributed by atoms with Crippen molar-refractivity contribution >= 4 is 21.8 Å². The van der Waals surface area contributed by atoms with Gasteiger partial charge in [-0.15, -0.1) is 0 Å². The molecule has 0 radical (unpaired) electrons. The van der Waals surface area contributed by atoms with Gasteiger partial charge in [-0.2, -0.15) is 4.31 Å². The van der Waals surface area contributed by atoms with Gasteiger partial charge in [0.2, 0.25) is 15.9 Å². The molecule has 0 aliphatic carbocycles. The minimum Gasteiger partial charge on any atom is -0.342 e. The van der Waals surface area contributed by atoms with E-state index in [1.54, 1.807) is 29.2 Å². The Hall–Kier alpha value is -1.93. The molecule has 7 nitrogen and oxygen atoms in total. The number of nitrogens with zero attached hydrogens (tertiary/aromatic N) is 3. The maximum Gasteiger partial charge on any atom is 0.255 e. The largest absolute Gasteiger partial charge is 0.342 e. The molecule has 0 saturated carbocycles. The molecule has 0 unspecified atom stereocenters. The first kappa shape index (κ1) is 23.2. The molecule has 3 saturated heterocycles. The summed E-state index contributed by atoms with van der Waals surface area (Å²) in [5.41, 5.74) is 0.246. The number of carbonyl (C=O) groups excluding carboxylic acids is 2. The van der Waals surface area contributed by atoms with Crippen molar-refractivity contribution in [3.8, 4) is 0 Å². The number of piperidine rings is 2. The second-order valence-corrected chi connectivity index (χ2v) is 11.2.